The molecule has 1 heterocycles. The van der Waals surface area contributed by atoms with Gasteiger partial charge in [-0.25, -0.2) is 0 Å². The van der Waals surface area contributed by atoms with Gasteiger partial charge in [-0.1, -0.05) is 59.7 Å². The molecular formula is C26H24N2O4S. The lowest BCUT2D eigenvalue weighted by Crippen LogP contribution is -2.10. The van der Waals surface area contributed by atoms with Gasteiger partial charge in [0.05, 0.1) is 19.8 Å². The molecule has 0 unspecified atom stereocenters. The van der Waals surface area contributed by atoms with Gasteiger partial charge in [0.2, 0.25) is 0 Å². The SMILES string of the molecule is COc1ccc(-c2nnc(S[C@@H](C(=O)c3ccc(C)cc3)c3ccc(C)cc3)o2)c(OC)c1. The summed E-state index contributed by atoms with van der Waals surface area (Å²) in [5.74, 6) is 1.50. The van der Waals surface area contributed by atoms with Gasteiger partial charge in [-0.2, -0.15) is 0 Å². The molecule has 33 heavy (non-hydrogen) atoms. The van der Waals surface area contributed by atoms with Crippen LogP contribution in [0.3, 0.4) is 0 Å². The summed E-state index contributed by atoms with van der Waals surface area (Å²) in [5, 5.41) is 8.15. The smallest absolute Gasteiger partial charge is 0.277 e. The van der Waals surface area contributed by atoms with Crippen molar-refractivity contribution >= 4 is 17.5 Å². The number of carbonyl (C=O) groups excluding carboxylic acids is 1. The lowest BCUT2D eigenvalue weighted by Gasteiger charge is -2.14. The molecule has 0 saturated heterocycles. The summed E-state index contributed by atoms with van der Waals surface area (Å²) >= 11 is 1.24. The van der Waals surface area contributed by atoms with Crippen LogP contribution in [0.2, 0.25) is 0 Å². The zero-order chi connectivity index (χ0) is 23.4. The van der Waals surface area contributed by atoms with Crippen LogP contribution in [0.1, 0.15) is 32.3 Å². The molecule has 4 aromatic rings. The second kappa shape index (κ2) is 9.92. The van der Waals surface area contributed by atoms with E-state index in [0.717, 1.165) is 16.7 Å². The van der Waals surface area contributed by atoms with Crippen molar-refractivity contribution in [3.63, 3.8) is 0 Å². The maximum absolute atomic E-state index is 13.4. The van der Waals surface area contributed by atoms with Gasteiger partial charge in [0, 0.05) is 11.6 Å². The molecule has 0 aliphatic carbocycles. The minimum Gasteiger partial charge on any atom is -0.497 e. The first-order chi connectivity index (χ1) is 16.0. The normalized spacial score (nSPS) is 11.8. The van der Waals surface area contributed by atoms with Crippen molar-refractivity contribution < 1.29 is 18.7 Å². The number of ether oxygens (including phenoxy) is 2. The summed E-state index contributed by atoms with van der Waals surface area (Å²) in [4.78, 5) is 13.4. The Balaban J connectivity index is 1.66. The number of carbonyl (C=O) groups is 1. The highest BCUT2D eigenvalue weighted by molar-refractivity contribution is 8.00. The lowest BCUT2D eigenvalue weighted by atomic mass is 10.0. The average molecular weight is 461 g/mol. The highest BCUT2D eigenvalue weighted by atomic mass is 32.2. The number of nitrogens with zero attached hydrogens (tertiary/aromatic N) is 2. The quantitative estimate of drug-likeness (QED) is 0.233. The third kappa shape index (κ3) is 5.09. The second-order valence-corrected chi connectivity index (χ2v) is 8.63. The van der Waals surface area contributed by atoms with Crippen molar-refractivity contribution in [3.8, 4) is 23.0 Å². The van der Waals surface area contributed by atoms with Gasteiger partial charge in [0.25, 0.3) is 11.1 Å². The van der Waals surface area contributed by atoms with Gasteiger partial charge in [-0.3, -0.25) is 4.79 Å². The van der Waals surface area contributed by atoms with Gasteiger partial charge in [0.1, 0.15) is 16.7 Å². The van der Waals surface area contributed by atoms with Gasteiger partial charge in [0.15, 0.2) is 5.78 Å². The number of ketones is 1. The van der Waals surface area contributed by atoms with Crippen LogP contribution in [0.15, 0.2) is 76.4 Å². The number of methoxy groups -OCH3 is 2. The summed E-state index contributed by atoms with van der Waals surface area (Å²) < 4.78 is 16.6. The fourth-order valence-corrected chi connectivity index (χ4v) is 4.28. The van der Waals surface area contributed by atoms with E-state index in [9.17, 15) is 4.79 Å². The van der Waals surface area contributed by atoms with Crippen molar-refractivity contribution in [2.24, 2.45) is 0 Å². The van der Waals surface area contributed by atoms with Gasteiger partial charge in [-0.05, 0) is 43.3 Å². The Morgan fingerprint density at radius 3 is 2.18 bits per heavy atom. The van der Waals surface area contributed by atoms with Crippen molar-refractivity contribution in [3.05, 3.63) is 89.0 Å². The highest BCUT2D eigenvalue weighted by Crippen LogP contribution is 2.39. The van der Waals surface area contributed by atoms with Crippen LogP contribution in [-0.2, 0) is 0 Å². The van der Waals surface area contributed by atoms with Crippen LogP contribution in [0.5, 0.6) is 11.5 Å². The molecule has 0 N–H and O–H groups in total. The Hall–Kier alpha value is -3.58. The fourth-order valence-electron chi connectivity index (χ4n) is 3.33. The summed E-state index contributed by atoms with van der Waals surface area (Å²) in [5.41, 5.74) is 4.38. The molecule has 0 fully saturated rings. The predicted molar refractivity (Wildman–Crippen MR) is 128 cm³/mol. The van der Waals surface area contributed by atoms with E-state index in [1.165, 1.54) is 11.8 Å². The number of aryl methyl sites for hydroxylation is 2. The van der Waals surface area contributed by atoms with Crippen LogP contribution in [0.4, 0.5) is 0 Å². The summed E-state index contributed by atoms with van der Waals surface area (Å²) in [6.07, 6.45) is 0. The van der Waals surface area contributed by atoms with Crippen LogP contribution >= 0.6 is 11.8 Å². The molecule has 0 bridgehead atoms. The van der Waals surface area contributed by atoms with E-state index in [0.29, 0.717) is 33.7 Å². The Labute approximate surface area is 197 Å². The molecule has 0 amide bonds. The number of aromatic nitrogens is 2. The van der Waals surface area contributed by atoms with E-state index in [1.807, 2.05) is 62.4 Å². The number of hydrogen-bond acceptors (Lipinski definition) is 7. The van der Waals surface area contributed by atoms with E-state index in [-0.39, 0.29) is 5.78 Å². The molecule has 6 nitrogen and oxygen atoms in total. The third-order valence-electron chi connectivity index (χ3n) is 5.22. The molecule has 0 aliphatic rings. The van der Waals surface area contributed by atoms with Crippen molar-refractivity contribution in [1.82, 2.24) is 10.2 Å². The lowest BCUT2D eigenvalue weighted by molar-refractivity contribution is 0.0989. The molecule has 3 aromatic carbocycles. The number of Topliss-reactive ketones (excluding diaryl/α,β-unsaturated/α-hetero) is 1. The van der Waals surface area contributed by atoms with E-state index in [1.54, 1.807) is 32.4 Å². The zero-order valence-corrected chi connectivity index (χ0v) is 19.7. The Bertz CT molecular complexity index is 1250. The Kier molecular flexibility index (Phi) is 6.79. The number of hydrogen-bond donors (Lipinski definition) is 0. The van der Waals surface area contributed by atoms with Crippen molar-refractivity contribution in [1.29, 1.82) is 0 Å². The van der Waals surface area contributed by atoms with Crippen LogP contribution in [0.25, 0.3) is 11.5 Å². The van der Waals surface area contributed by atoms with Gasteiger partial charge in [-0.15, -0.1) is 10.2 Å². The fraction of sp³-hybridized carbons (Fsp3) is 0.192. The second-order valence-electron chi connectivity index (χ2n) is 7.58. The largest absolute Gasteiger partial charge is 0.497 e. The maximum atomic E-state index is 13.4. The summed E-state index contributed by atoms with van der Waals surface area (Å²) in [7, 11) is 3.16. The van der Waals surface area contributed by atoms with E-state index in [2.05, 4.69) is 10.2 Å². The average Bonchev–Trinajstić information content (AvgIpc) is 3.31. The summed E-state index contributed by atoms with van der Waals surface area (Å²) in [6, 6.07) is 20.8. The molecular weight excluding hydrogens is 436 g/mol. The molecule has 0 radical (unpaired) electrons. The Morgan fingerprint density at radius 2 is 1.55 bits per heavy atom. The van der Waals surface area contributed by atoms with Crippen LogP contribution in [-0.4, -0.2) is 30.2 Å². The number of rotatable bonds is 8. The summed E-state index contributed by atoms with van der Waals surface area (Å²) in [6.45, 7) is 4.01. The topological polar surface area (TPSA) is 74.5 Å². The monoisotopic (exact) mass is 460 g/mol. The van der Waals surface area contributed by atoms with Gasteiger partial charge < -0.3 is 13.9 Å². The predicted octanol–water partition coefficient (Wildman–Crippen LogP) is 6.09. The molecule has 168 valence electrons. The van der Waals surface area contributed by atoms with E-state index < -0.39 is 5.25 Å². The van der Waals surface area contributed by atoms with Crippen LogP contribution in [0, 0.1) is 13.8 Å². The molecule has 0 spiro atoms. The van der Waals surface area contributed by atoms with Gasteiger partial charge >= 0.3 is 0 Å². The molecule has 0 saturated carbocycles. The van der Waals surface area contributed by atoms with Crippen molar-refractivity contribution in [2.45, 2.75) is 24.3 Å². The zero-order valence-electron chi connectivity index (χ0n) is 18.9. The molecule has 1 atom stereocenters. The van der Waals surface area contributed by atoms with E-state index in [4.69, 9.17) is 13.9 Å². The molecule has 7 heteroatoms. The minimum atomic E-state index is -0.528. The van der Waals surface area contributed by atoms with Crippen molar-refractivity contribution in [2.75, 3.05) is 14.2 Å². The molecule has 4 rings (SSSR count). The number of benzene rings is 3. The standard InChI is InChI=1S/C26H24N2O4S/c1-16-5-9-18(10-6-16)23(29)24(19-11-7-17(2)8-12-19)33-26-28-27-25(32-26)21-14-13-20(30-3)15-22(21)31-4/h5-15,24H,1-4H3/t24-/m1/s1. The van der Waals surface area contributed by atoms with Crippen LogP contribution < -0.4 is 9.47 Å². The van der Waals surface area contributed by atoms with E-state index >= 15 is 0 Å². The maximum Gasteiger partial charge on any atom is 0.277 e. The Morgan fingerprint density at radius 1 is 0.879 bits per heavy atom. The number of thioether (sulfide) groups is 1. The minimum absolute atomic E-state index is 0.0226. The first-order valence-corrected chi connectivity index (χ1v) is 11.3. The molecule has 1 aromatic heterocycles. The first-order valence-electron chi connectivity index (χ1n) is 10.4. The first kappa shape index (κ1) is 22.6. The third-order valence-corrected chi connectivity index (χ3v) is 6.31. The highest BCUT2D eigenvalue weighted by Gasteiger charge is 2.26. The molecule has 0 aliphatic heterocycles.